The molecular formula is C30H31F6N7O4S. The standard InChI is InChI=1S/C30H31F6N7O4S/c1-2-3-4-6-23(41-28(44)45)38-7-5-8-43-26-24(25(37)39-14-40-26)42-27(43)48-22-13-21-20(46-15-47-21)12-19(22)16-9-17(29(31,32)33)11-18(10-16)30(34,35)36/h9-14,23,38,41H,2-8,15H2,1H3,(H,44,45)(H2,37,39,40). The summed E-state index contributed by atoms with van der Waals surface area (Å²) in [7, 11) is 0. The summed E-state index contributed by atoms with van der Waals surface area (Å²) >= 11 is 0.969. The number of nitrogens with one attached hydrogen (secondary N) is 2. The van der Waals surface area contributed by atoms with Gasteiger partial charge in [0.2, 0.25) is 6.79 Å². The molecule has 48 heavy (non-hydrogen) atoms. The number of imidazole rings is 1. The number of alkyl halides is 6. The van der Waals surface area contributed by atoms with E-state index in [9.17, 15) is 36.2 Å². The average Bonchev–Trinajstić information content (AvgIpc) is 3.62. The molecule has 5 rings (SSSR count). The molecule has 1 unspecified atom stereocenters. The highest BCUT2D eigenvalue weighted by Crippen LogP contribution is 2.47. The van der Waals surface area contributed by atoms with Crippen LogP contribution in [0.15, 0.2) is 46.7 Å². The average molecular weight is 700 g/mol. The van der Waals surface area contributed by atoms with Crippen molar-refractivity contribution in [2.45, 2.75) is 74.1 Å². The van der Waals surface area contributed by atoms with Crippen molar-refractivity contribution < 1.29 is 45.7 Å². The molecule has 0 saturated heterocycles. The molecule has 1 aliphatic heterocycles. The maximum atomic E-state index is 13.8. The Morgan fingerprint density at radius 3 is 2.35 bits per heavy atom. The lowest BCUT2D eigenvalue weighted by atomic mass is 9.98. The van der Waals surface area contributed by atoms with Crippen LogP contribution in [-0.4, -0.2) is 50.2 Å². The zero-order chi connectivity index (χ0) is 34.6. The molecular weight excluding hydrogens is 668 g/mol. The van der Waals surface area contributed by atoms with Crippen molar-refractivity contribution in [1.29, 1.82) is 0 Å². The molecule has 1 amide bonds. The zero-order valence-corrected chi connectivity index (χ0v) is 26.2. The Morgan fingerprint density at radius 2 is 1.71 bits per heavy atom. The summed E-state index contributed by atoms with van der Waals surface area (Å²) in [6.07, 6.45) is -6.67. The number of hydrogen-bond acceptors (Lipinski definition) is 9. The number of hydrogen-bond donors (Lipinski definition) is 4. The highest BCUT2D eigenvalue weighted by atomic mass is 32.2. The minimum atomic E-state index is -5.05. The summed E-state index contributed by atoms with van der Waals surface area (Å²) in [5.41, 5.74) is 3.43. The van der Waals surface area contributed by atoms with E-state index >= 15 is 0 Å². The number of aryl methyl sites for hydroxylation is 1. The van der Waals surface area contributed by atoms with Gasteiger partial charge in [0.25, 0.3) is 0 Å². The molecule has 5 N–H and O–H groups in total. The number of unbranched alkanes of at least 4 members (excludes halogenated alkanes) is 2. The van der Waals surface area contributed by atoms with Gasteiger partial charge in [-0.25, -0.2) is 19.7 Å². The van der Waals surface area contributed by atoms with Crippen LogP contribution in [0.4, 0.5) is 37.0 Å². The quantitative estimate of drug-likeness (QED) is 0.0644. The third kappa shape index (κ3) is 8.15. The van der Waals surface area contributed by atoms with E-state index in [-0.39, 0.29) is 56.9 Å². The van der Waals surface area contributed by atoms with Crippen LogP contribution in [0.5, 0.6) is 11.5 Å². The SMILES string of the molecule is CCCCCC(NCCCn1c(Sc2cc3c(cc2-c2cc(C(F)(F)F)cc(C(F)(F)F)c2)OCO3)nc2c(N)ncnc21)NC(=O)O. The van der Waals surface area contributed by atoms with Crippen LogP contribution in [0.25, 0.3) is 22.3 Å². The fraction of sp³-hybridized carbons (Fsp3) is 0.400. The number of halogens is 6. The van der Waals surface area contributed by atoms with Gasteiger partial charge < -0.3 is 30.2 Å². The molecule has 3 heterocycles. The number of fused-ring (bicyclic) bond motifs is 2. The molecule has 4 aromatic rings. The Bertz CT molecular complexity index is 1750. The van der Waals surface area contributed by atoms with Gasteiger partial charge in [-0.05, 0) is 60.8 Å². The lowest BCUT2D eigenvalue weighted by Crippen LogP contribution is -2.45. The molecule has 18 heteroatoms. The van der Waals surface area contributed by atoms with Crippen LogP contribution < -0.4 is 25.8 Å². The molecule has 0 saturated carbocycles. The first-order valence-electron chi connectivity index (χ1n) is 14.9. The molecule has 0 spiro atoms. The van der Waals surface area contributed by atoms with Crippen LogP contribution in [0, 0.1) is 0 Å². The topological polar surface area (TPSA) is 149 Å². The predicted octanol–water partition coefficient (Wildman–Crippen LogP) is 7.15. The number of anilines is 1. The van der Waals surface area contributed by atoms with Gasteiger partial charge in [-0.2, -0.15) is 26.3 Å². The van der Waals surface area contributed by atoms with Crippen molar-refractivity contribution in [2.75, 3.05) is 19.1 Å². The van der Waals surface area contributed by atoms with E-state index in [0.717, 1.165) is 31.0 Å². The fourth-order valence-electron chi connectivity index (χ4n) is 5.14. The van der Waals surface area contributed by atoms with E-state index in [1.165, 1.54) is 18.5 Å². The minimum absolute atomic E-state index is 0.0230. The van der Waals surface area contributed by atoms with Crippen LogP contribution in [-0.2, 0) is 18.9 Å². The first kappa shape index (κ1) is 34.9. The molecule has 1 atom stereocenters. The number of benzene rings is 2. The third-order valence-corrected chi connectivity index (χ3v) is 8.50. The molecule has 1 aliphatic rings. The van der Waals surface area contributed by atoms with E-state index in [2.05, 4.69) is 25.6 Å². The number of rotatable bonds is 13. The highest BCUT2D eigenvalue weighted by Gasteiger charge is 2.37. The van der Waals surface area contributed by atoms with Crippen LogP contribution in [0.1, 0.15) is 50.2 Å². The molecule has 0 bridgehead atoms. The van der Waals surface area contributed by atoms with Gasteiger partial charge in [0, 0.05) is 11.4 Å². The summed E-state index contributed by atoms with van der Waals surface area (Å²) in [5.74, 6) is 0.466. The Hall–Kier alpha value is -4.45. The number of carboxylic acid groups (broad SMARTS) is 1. The summed E-state index contributed by atoms with van der Waals surface area (Å²) < 4.78 is 95.2. The van der Waals surface area contributed by atoms with Gasteiger partial charge in [0.05, 0.1) is 17.3 Å². The molecule has 0 aliphatic carbocycles. The van der Waals surface area contributed by atoms with Crippen molar-refractivity contribution in [3.63, 3.8) is 0 Å². The predicted molar refractivity (Wildman–Crippen MR) is 164 cm³/mol. The maximum absolute atomic E-state index is 13.8. The Morgan fingerprint density at radius 1 is 1.02 bits per heavy atom. The molecule has 11 nitrogen and oxygen atoms in total. The monoisotopic (exact) mass is 699 g/mol. The van der Waals surface area contributed by atoms with Gasteiger partial charge >= 0.3 is 18.4 Å². The number of aromatic nitrogens is 4. The van der Waals surface area contributed by atoms with E-state index < -0.39 is 35.7 Å². The lowest BCUT2D eigenvalue weighted by Gasteiger charge is -2.19. The van der Waals surface area contributed by atoms with Gasteiger partial charge in [-0.3, -0.25) is 5.32 Å². The van der Waals surface area contributed by atoms with Gasteiger partial charge in [-0.1, -0.05) is 37.9 Å². The number of amides is 1. The summed E-state index contributed by atoms with van der Waals surface area (Å²) in [6, 6.07) is 4.17. The normalized spacial score (nSPS) is 13.6. The summed E-state index contributed by atoms with van der Waals surface area (Å²) in [5, 5.41) is 15.2. The fourth-order valence-corrected chi connectivity index (χ4v) is 6.22. The van der Waals surface area contributed by atoms with Gasteiger partial charge in [-0.15, -0.1) is 0 Å². The second-order valence-corrected chi connectivity index (χ2v) is 11.9. The Balaban J connectivity index is 1.50. The molecule has 2 aromatic heterocycles. The van der Waals surface area contributed by atoms with Crippen molar-refractivity contribution in [2.24, 2.45) is 0 Å². The van der Waals surface area contributed by atoms with Crippen molar-refractivity contribution in [3.8, 4) is 22.6 Å². The largest absolute Gasteiger partial charge is 0.465 e. The Kier molecular flexibility index (Phi) is 10.4. The number of carbonyl (C=O) groups is 1. The Labute approximate surface area is 274 Å². The van der Waals surface area contributed by atoms with E-state index in [0.29, 0.717) is 43.7 Å². The smallest absolute Gasteiger partial charge is 0.416 e. The van der Waals surface area contributed by atoms with E-state index in [4.69, 9.17) is 15.2 Å². The first-order chi connectivity index (χ1) is 22.7. The first-order valence-corrected chi connectivity index (χ1v) is 15.7. The van der Waals surface area contributed by atoms with Crippen LogP contribution >= 0.6 is 11.8 Å². The number of nitrogens with two attached hydrogens (primary N) is 1. The third-order valence-electron chi connectivity index (χ3n) is 7.44. The minimum Gasteiger partial charge on any atom is -0.465 e. The molecule has 0 radical (unpaired) electrons. The van der Waals surface area contributed by atoms with Gasteiger partial charge in [0.1, 0.15) is 6.33 Å². The summed E-state index contributed by atoms with van der Waals surface area (Å²) in [6.45, 7) is 2.53. The van der Waals surface area contributed by atoms with E-state index in [1.807, 2.05) is 6.92 Å². The van der Waals surface area contributed by atoms with Gasteiger partial charge in [0.15, 0.2) is 33.6 Å². The van der Waals surface area contributed by atoms with Crippen molar-refractivity contribution >= 4 is 34.8 Å². The highest BCUT2D eigenvalue weighted by molar-refractivity contribution is 7.99. The molecule has 0 fully saturated rings. The van der Waals surface area contributed by atoms with E-state index in [1.54, 1.807) is 4.57 Å². The maximum Gasteiger partial charge on any atom is 0.416 e. The number of nitrogen functional groups attached to an aromatic ring is 1. The van der Waals surface area contributed by atoms with Crippen molar-refractivity contribution in [1.82, 2.24) is 30.2 Å². The second-order valence-electron chi connectivity index (χ2n) is 10.9. The number of nitrogens with zero attached hydrogens (tertiary/aromatic N) is 4. The number of ether oxygens (including phenoxy) is 2. The van der Waals surface area contributed by atoms with Crippen LogP contribution in [0.3, 0.4) is 0 Å². The summed E-state index contributed by atoms with van der Waals surface area (Å²) in [4.78, 5) is 24.4. The van der Waals surface area contributed by atoms with Crippen molar-refractivity contribution in [3.05, 3.63) is 47.8 Å². The zero-order valence-electron chi connectivity index (χ0n) is 25.4. The van der Waals surface area contributed by atoms with Crippen LogP contribution in [0.2, 0.25) is 0 Å². The molecule has 258 valence electrons. The second kappa shape index (κ2) is 14.3. The molecule has 2 aromatic carbocycles. The lowest BCUT2D eigenvalue weighted by molar-refractivity contribution is -0.143.